The first-order chi connectivity index (χ1) is 19.0. The number of nitrogens with one attached hydrogen (secondary N) is 1. The zero-order valence-electron chi connectivity index (χ0n) is 23.5. The number of ether oxygens (including phenoxy) is 1. The zero-order chi connectivity index (χ0) is 29.4. The molecule has 0 aliphatic carbocycles. The number of amides is 2. The molecule has 0 radical (unpaired) electrons. The lowest BCUT2D eigenvalue weighted by atomic mass is 10.1. The van der Waals surface area contributed by atoms with E-state index < -0.39 is 28.5 Å². The van der Waals surface area contributed by atoms with E-state index >= 15 is 0 Å². The summed E-state index contributed by atoms with van der Waals surface area (Å²) in [5.41, 5.74) is 2.48. The molecule has 1 unspecified atom stereocenters. The molecule has 214 valence electrons. The molecule has 10 heteroatoms. The van der Waals surface area contributed by atoms with Gasteiger partial charge in [0.2, 0.25) is 11.8 Å². The van der Waals surface area contributed by atoms with E-state index in [0.29, 0.717) is 29.3 Å². The van der Waals surface area contributed by atoms with Gasteiger partial charge >= 0.3 is 0 Å². The third-order valence-corrected chi connectivity index (χ3v) is 8.83. The Balaban J connectivity index is 2.09. The van der Waals surface area contributed by atoms with Gasteiger partial charge in [0.25, 0.3) is 10.0 Å². The zero-order valence-corrected chi connectivity index (χ0v) is 25.1. The van der Waals surface area contributed by atoms with E-state index in [2.05, 4.69) is 5.32 Å². The number of hydrogen-bond donors (Lipinski definition) is 1. The van der Waals surface area contributed by atoms with Crippen LogP contribution in [0.2, 0.25) is 5.02 Å². The van der Waals surface area contributed by atoms with E-state index in [0.717, 1.165) is 15.4 Å². The Morgan fingerprint density at radius 2 is 1.62 bits per heavy atom. The van der Waals surface area contributed by atoms with E-state index in [1.165, 1.54) is 17.0 Å². The summed E-state index contributed by atoms with van der Waals surface area (Å²) in [5.74, 6) is -0.174. The van der Waals surface area contributed by atoms with Gasteiger partial charge in [-0.05, 0) is 74.7 Å². The molecule has 0 fully saturated rings. The molecule has 0 saturated heterocycles. The quantitative estimate of drug-likeness (QED) is 0.319. The Kier molecular flexibility index (Phi) is 10.6. The number of hydrogen-bond acceptors (Lipinski definition) is 5. The van der Waals surface area contributed by atoms with Crippen LogP contribution in [0.25, 0.3) is 0 Å². The van der Waals surface area contributed by atoms with Gasteiger partial charge < -0.3 is 15.0 Å². The first-order valence-electron chi connectivity index (χ1n) is 13.1. The van der Waals surface area contributed by atoms with Gasteiger partial charge in [0.15, 0.2) is 0 Å². The van der Waals surface area contributed by atoms with Crippen molar-refractivity contribution in [1.82, 2.24) is 10.2 Å². The summed E-state index contributed by atoms with van der Waals surface area (Å²) in [6.45, 7) is 7.17. The largest absolute Gasteiger partial charge is 0.497 e. The van der Waals surface area contributed by atoms with Crippen LogP contribution >= 0.6 is 11.6 Å². The minimum absolute atomic E-state index is 0.0442. The minimum Gasteiger partial charge on any atom is -0.497 e. The molecule has 0 spiro atoms. The van der Waals surface area contributed by atoms with Crippen molar-refractivity contribution >= 4 is 39.1 Å². The monoisotopic (exact) mass is 585 g/mol. The van der Waals surface area contributed by atoms with Gasteiger partial charge in [-0.1, -0.05) is 54.4 Å². The number of likely N-dealkylation sites (N-methyl/N-ethyl adjacent to an activating group) is 1. The van der Waals surface area contributed by atoms with Gasteiger partial charge in [-0.3, -0.25) is 13.9 Å². The van der Waals surface area contributed by atoms with E-state index in [1.807, 2.05) is 26.0 Å². The lowest BCUT2D eigenvalue weighted by Gasteiger charge is -2.33. The molecule has 0 aliphatic heterocycles. The number of methoxy groups -OCH3 is 1. The van der Waals surface area contributed by atoms with Crippen molar-refractivity contribution in [3.05, 3.63) is 88.4 Å². The fraction of sp³-hybridized carbons (Fsp3) is 0.333. The standard InChI is InChI=1S/C30H36ClN3O5S/c1-6-27(30(36)32-7-2)33(19-23-13-15-24(39-5)16-14-23)29(35)20-34(28-10-8-9-26(31)22(28)4)40(37,38)25-17-11-21(3)12-18-25/h8-18,27H,6-7,19-20H2,1-5H3,(H,32,36). The number of sulfonamides is 1. The van der Waals surface area contributed by atoms with Crippen molar-refractivity contribution in [2.24, 2.45) is 0 Å². The molecule has 1 N–H and O–H groups in total. The molecular weight excluding hydrogens is 550 g/mol. The molecule has 0 aromatic heterocycles. The number of aryl methyl sites for hydroxylation is 1. The Labute approximate surface area is 241 Å². The number of nitrogens with zero attached hydrogens (tertiary/aromatic N) is 2. The molecule has 40 heavy (non-hydrogen) atoms. The maximum Gasteiger partial charge on any atom is 0.264 e. The molecule has 2 amide bonds. The maximum atomic E-state index is 14.1. The fourth-order valence-electron chi connectivity index (χ4n) is 4.36. The molecular formula is C30H36ClN3O5S. The van der Waals surface area contributed by atoms with Crippen molar-refractivity contribution in [3.8, 4) is 5.75 Å². The van der Waals surface area contributed by atoms with Crippen LogP contribution in [-0.4, -0.2) is 51.4 Å². The van der Waals surface area contributed by atoms with Crippen molar-refractivity contribution in [3.63, 3.8) is 0 Å². The van der Waals surface area contributed by atoms with Crippen LogP contribution in [0.15, 0.2) is 71.6 Å². The topological polar surface area (TPSA) is 96.0 Å². The number of rotatable bonds is 12. The summed E-state index contributed by atoms with van der Waals surface area (Å²) in [5, 5.41) is 3.17. The highest BCUT2D eigenvalue weighted by Crippen LogP contribution is 2.31. The summed E-state index contributed by atoms with van der Waals surface area (Å²) in [6.07, 6.45) is 0.342. The molecule has 3 rings (SSSR count). The van der Waals surface area contributed by atoms with Crippen LogP contribution in [0.4, 0.5) is 5.69 Å². The fourth-order valence-corrected chi connectivity index (χ4v) is 6.00. The second-order valence-corrected chi connectivity index (χ2v) is 11.7. The normalized spacial score (nSPS) is 11.9. The third kappa shape index (κ3) is 7.14. The highest BCUT2D eigenvalue weighted by molar-refractivity contribution is 7.92. The third-order valence-electron chi connectivity index (χ3n) is 6.64. The second kappa shape index (κ2) is 13.7. The lowest BCUT2D eigenvalue weighted by molar-refractivity contribution is -0.140. The number of carbonyl (C=O) groups is 2. The SMILES string of the molecule is CCNC(=O)C(CC)N(Cc1ccc(OC)cc1)C(=O)CN(c1cccc(Cl)c1C)S(=O)(=O)c1ccc(C)cc1. The van der Waals surface area contributed by atoms with Crippen LogP contribution in [0.1, 0.15) is 37.0 Å². The average molecular weight is 586 g/mol. The molecule has 0 saturated carbocycles. The van der Waals surface area contributed by atoms with Gasteiger partial charge in [0.1, 0.15) is 18.3 Å². The van der Waals surface area contributed by atoms with Crippen molar-refractivity contribution in [2.45, 2.75) is 51.6 Å². The number of benzene rings is 3. The Morgan fingerprint density at radius 1 is 0.975 bits per heavy atom. The van der Waals surface area contributed by atoms with Gasteiger partial charge in [-0.25, -0.2) is 8.42 Å². The number of halogens is 1. The number of carbonyl (C=O) groups excluding carboxylic acids is 2. The van der Waals surface area contributed by atoms with Crippen LogP contribution in [0.3, 0.4) is 0 Å². The van der Waals surface area contributed by atoms with Crippen LogP contribution in [0.5, 0.6) is 5.75 Å². The summed E-state index contributed by atoms with van der Waals surface area (Å²) in [7, 11) is -2.61. The summed E-state index contributed by atoms with van der Waals surface area (Å²) < 4.78 is 34.3. The van der Waals surface area contributed by atoms with Crippen molar-refractivity contribution < 1.29 is 22.7 Å². The first kappa shape index (κ1) is 31.0. The number of anilines is 1. The molecule has 0 heterocycles. The van der Waals surface area contributed by atoms with E-state index in [-0.39, 0.29) is 23.0 Å². The highest BCUT2D eigenvalue weighted by Gasteiger charge is 2.34. The van der Waals surface area contributed by atoms with E-state index in [1.54, 1.807) is 63.4 Å². The highest BCUT2D eigenvalue weighted by atomic mass is 35.5. The molecule has 0 aliphatic rings. The smallest absolute Gasteiger partial charge is 0.264 e. The Morgan fingerprint density at radius 3 is 2.20 bits per heavy atom. The van der Waals surface area contributed by atoms with Crippen molar-refractivity contribution in [2.75, 3.05) is 24.5 Å². The molecule has 3 aromatic rings. The molecule has 3 aromatic carbocycles. The molecule has 8 nitrogen and oxygen atoms in total. The van der Waals surface area contributed by atoms with Gasteiger partial charge in [0.05, 0.1) is 17.7 Å². The van der Waals surface area contributed by atoms with E-state index in [4.69, 9.17) is 16.3 Å². The average Bonchev–Trinajstić information content (AvgIpc) is 2.94. The summed E-state index contributed by atoms with van der Waals surface area (Å²) >= 11 is 6.38. The first-order valence-corrected chi connectivity index (χ1v) is 14.9. The maximum absolute atomic E-state index is 14.1. The van der Waals surface area contributed by atoms with Crippen molar-refractivity contribution in [1.29, 1.82) is 0 Å². The molecule has 0 bridgehead atoms. The summed E-state index contributed by atoms with van der Waals surface area (Å²) in [6, 6.07) is 17.7. The predicted octanol–water partition coefficient (Wildman–Crippen LogP) is 5.10. The Bertz CT molecular complexity index is 1430. The van der Waals surface area contributed by atoms with Crippen LogP contribution < -0.4 is 14.4 Å². The molecule has 1 atom stereocenters. The predicted molar refractivity (Wildman–Crippen MR) is 158 cm³/mol. The van der Waals surface area contributed by atoms with Gasteiger partial charge in [-0.15, -0.1) is 0 Å². The van der Waals surface area contributed by atoms with Crippen LogP contribution in [0, 0.1) is 13.8 Å². The van der Waals surface area contributed by atoms with Crippen LogP contribution in [-0.2, 0) is 26.2 Å². The van der Waals surface area contributed by atoms with Gasteiger partial charge in [0, 0.05) is 18.1 Å². The van der Waals surface area contributed by atoms with Gasteiger partial charge in [-0.2, -0.15) is 0 Å². The Hall–Kier alpha value is -3.56. The second-order valence-electron chi connectivity index (χ2n) is 9.40. The van der Waals surface area contributed by atoms with E-state index in [9.17, 15) is 18.0 Å². The lowest BCUT2D eigenvalue weighted by Crippen LogP contribution is -2.52. The summed E-state index contributed by atoms with van der Waals surface area (Å²) in [4.78, 5) is 28.6. The minimum atomic E-state index is -4.17.